The molecule has 0 fully saturated rings. The highest BCUT2D eigenvalue weighted by Gasteiger charge is 2.33. The molecule has 9 heteroatoms. The van der Waals surface area contributed by atoms with E-state index in [1.54, 1.807) is 18.2 Å². The normalized spacial score (nSPS) is 12.6. The van der Waals surface area contributed by atoms with Crippen molar-refractivity contribution in [2.24, 2.45) is 0 Å². The fraction of sp³-hybridized carbons (Fsp3) is 0.143. The fourth-order valence-corrected chi connectivity index (χ4v) is 4.07. The van der Waals surface area contributed by atoms with Gasteiger partial charge in [-0.1, -0.05) is 48.5 Å². The number of benzene rings is 3. The number of rotatable bonds is 8. The van der Waals surface area contributed by atoms with Gasteiger partial charge in [0, 0.05) is 25.5 Å². The molecule has 3 aromatic carbocycles. The summed E-state index contributed by atoms with van der Waals surface area (Å²) in [5, 5.41) is 2.92. The van der Waals surface area contributed by atoms with Gasteiger partial charge in [0.2, 0.25) is 12.7 Å². The summed E-state index contributed by atoms with van der Waals surface area (Å²) >= 11 is 0. The Morgan fingerprint density at radius 3 is 2.49 bits per heavy atom. The van der Waals surface area contributed by atoms with Crippen LogP contribution in [0.4, 0.5) is 4.39 Å². The number of fused-ring (bicyclic) bond motifs is 1. The lowest BCUT2D eigenvalue weighted by molar-refractivity contribution is -0.126. The maximum absolute atomic E-state index is 13.8. The minimum atomic E-state index is -1.08. The summed E-state index contributed by atoms with van der Waals surface area (Å²) < 4.78 is 24.7. The maximum Gasteiger partial charge on any atom is 0.275 e. The van der Waals surface area contributed by atoms with Crippen LogP contribution in [0.1, 0.15) is 33.2 Å². The zero-order valence-corrected chi connectivity index (χ0v) is 19.7. The number of amides is 2. The molecule has 1 atom stereocenters. The molecular weight excluding hydrogens is 475 g/mol. The first-order chi connectivity index (χ1) is 18.1. The third-order valence-corrected chi connectivity index (χ3v) is 5.89. The summed E-state index contributed by atoms with van der Waals surface area (Å²) in [5.41, 5.74) is 2.14. The molecule has 8 nitrogen and oxygen atoms in total. The van der Waals surface area contributed by atoms with Crippen molar-refractivity contribution in [3.8, 4) is 11.5 Å². The van der Waals surface area contributed by atoms with Crippen molar-refractivity contribution in [3.63, 3.8) is 0 Å². The lowest BCUT2D eigenvalue weighted by atomic mass is 10.0. The average molecular weight is 499 g/mol. The highest BCUT2D eigenvalue weighted by Crippen LogP contribution is 2.34. The largest absolute Gasteiger partial charge is 0.454 e. The highest BCUT2D eigenvalue weighted by atomic mass is 19.1. The summed E-state index contributed by atoms with van der Waals surface area (Å²) in [5.74, 6) is -0.222. The van der Waals surface area contributed by atoms with Crippen molar-refractivity contribution in [3.05, 3.63) is 120 Å². The molecule has 0 aliphatic carbocycles. The summed E-state index contributed by atoms with van der Waals surface area (Å²) in [6.07, 6.45) is 4.22. The lowest BCUT2D eigenvalue weighted by Gasteiger charge is -2.31. The Hall–Kier alpha value is -4.79. The lowest BCUT2D eigenvalue weighted by Crippen LogP contribution is -2.43. The molecule has 0 saturated heterocycles. The first-order valence-electron chi connectivity index (χ1n) is 11.6. The SMILES string of the molecule is O=C(NCc1ccccc1)[C@H](c1ccc(F)cc1)N(Cc1ccc2c(c1)OCO2)C(=O)c1cnccn1. The molecule has 0 spiro atoms. The Bertz CT molecular complexity index is 1380. The third kappa shape index (κ3) is 5.56. The van der Waals surface area contributed by atoms with Crippen molar-refractivity contribution in [1.82, 2.24) is 20.2 Å². The number of nitrogens with zero attached hydrogens (tertiary/aromatic N) is 3. The van der Waals surface area contributed by atoms with E-state index in [-0.39, 0.29) is 25.6 Å². The molecule has 1 aromatic heterocycles. The zero-order chi connectivity index (χ0) is 25.6. The molecular formula is C28H23FN4O4. The Kier molecular flexibility index (Phi) is 7.02. The van der Waals surface area contributed by atoms with Crippen molar-refractivity contribution >= 4 is 11.8 Å². The number of halogens is 1. The van der Waals surface area contributed by atoms with Gasteiger partial charge in [-0.15, -0.1) is 0 Å². The van der Waals surface area contributed by atoms with E-state index in [0.717, 1.165) is 5.56 Å². The second kappa shape index (κ2) is 10.9. The number of nitrogens with one attached hydrogen (secondary N) is 1. The van der Waals surface area contributed by atoms with E-state index in [0.29, 0.717) is 22.6 Å². The van der Waals surface area contributed by atoms with Gasteiger partial charge in [-0.3, -0.25) is 14.6 Å². The highest BCUT2D eigenvalue weighted by molar-refractivity contribution is 5.96. The van der Waals surface area contributed by atoms with Crippen molar-refractivity contribution in [1.29, 1.82) is 0 Å². The first kappa shape index (κ1) is 23.9. The standard InChI is InChI=1S/C28H23FN4O4/c29-22-9-7-21(8-10-22)26(27(34)32-15-19-4-2-1-3-5-19)33(28(35)23-16-30-12-13-31-23)17-20-6-11-24-25(14-20)37-18-36-24/h1-14,16,26H,15,17-18H2,(H,32,34)/t26-/m0/s1. The Morgan fingerprint density at radius 2 is 1.73 bits per heavy atom. The van der Waals surface area contributed by atoms with Crippen LogP contribution in [0.15, 0.2) is 91.4 Å². The van der Waals surface area contributed by atoms with E-state index in [2.05, 4.69) is 15.3 Å². The summed E-state index contributed by atoms with van der Waals surface area (Å²) in [4.78, 5) is 37.0. The molecule has 37 heavy (non-hydrogen) atoms. The van der Waals surface area contributed by atoms with Gasteiger partial charge in [0.15, 0.2) is 11.5 Å². The molecule has 0 saturated carbocycles. The number of aromatic nitrogens is 2. The average Bonchev–Trinajstić information content (AvgIpc) is 3.41. The van der Waals surface area contributed by atoms with Crippen molar-refractivity contribution in [2.75, 3.05) is 6.79 Å². The maximum atomic E-state index is 13.8. The summed E-state index contributed by atoms with van der Waals surface area (Å²) in [6.45, 7) is 0.419. The van der Waals surface area contributed by atoms with Crippen LogP contribution in [-0.4, -0.2) is 33.5 Å². The van der Waals surface area contributed by atoms with Crippen LogP contribution in [0.5, 0.6) is 11.5 Å². The predicted molar refractivity (Wildman–Crippen MR) is 132 cm³/mol. The van der Waals surface area contributed by atoms with Crippen LogP contribution in [0.3, 0.4) is 0 Å². The molecule has 186 valence electrons. The monoisotopic (exact) mass is 498 g/mol. The van der Waals surface area contributed by atoms with Crippen LogP contribution < -0.4 is 14.8 Å². The smallest absolute Gasteiger partial charge is 0.275 e. The second-order valence-corrected chi connectivity index (χ2v) is 8.37. The van der Waals surface area contributed by atoms with Crippen LogP contribution in [0.25, 0.3) is 0 Å². The fourth-order valence-electron chi connectivity index (χ4n) is 4.07. The molecule has 2 amide bonds. The minimum absolute atomic E-state index is 0.0485. The van der Waals surface area contributed by atoms with Gasteiger partial charge < -0.3 is 19.7 Å². The van der Waals surface area contributed by atoms with E-state index in [9.17, 15) is 14.0 Å². The number of hydrogen-bond donors (Lipinski definition) is 1. The Labute approximate surface area is 212 Å². The van der Waals surface area contributed by atoms with E-state index in [4.69, 9.17) is 9.47 Å². The van der Waals surface area contributed by atoms with Crippen molar-refractivity contribution < 1.29 is 23.5 Å². The van der Waals surface area contributed by atoms with Gasteiger partial charge in [0.1, 0.15) is 17.6 Å². The Morgan fingerprint density at radius 1 is 0.946 bits per heavy atom. The van der Waals surface area contributed by atoms with Crippen LogP contribution in [0.2, 0.25) is 0 Å². The van der Waals surface area contributed by atoms with Crippen LogP contribution in [-0.2, 0) is 17.9 Å². The van der Waals surface area contributed by atoms with Gasteiger partial charge in [-0.25, -0.2) is 9.37 Å². The molecule has 0 radical (unpaired) electrons. The first-order valence-corrected chi connectivity index (χ1v) is 11.6. The molecule has 1 N–H and O–H groups in total. The number of carbonyl (C=O) groups excluding carboxylic acids is 2. The van der Waals surface area contributed by atoms with Crippen LogP contribution >= 0.6 is 0 Å². The van der Waals surface area contributed by atoms with Gasteiger partial charge in [0.25, 0.3) is 5.91 Å². The van der Waals surface area contributed by atoms with E-state index < -0.39 is 23.7 Å². The topological polar surface area (TPSA) is 93.7 Å². The van der Waals surface area contributed by atoms with Gasteiger partial charge >= 0.3 is 0 Å². The summed E-state index contributed by atoms with van der Waals surface area (Å²) in [7, 11) is 0. The molecule has 1 aliphatic heterocycles. The van der Waals surface area contributed by atoms with Gasteiger partial charge in [0.05, 0.1) is 6.20 Å². The molecule has 0 unspecified atom stereocenters. The molecule has 5 rings (SSSR count). The number of hydrogen-bond acceptors (Lipinski definition) is 6. The molecule has 1 aliphatic rings. The van der Waals surface area contributed by atoms with Gasteiger partial charge in [-0.05, 0) is 41.0 Å². The number of carbonyl (C=O) groups is 2. The second-order valence-electron chi connectivity index (χ2n) is 8.37. The van der Waals surface area contributed by atoms with Crippen molar-refractivity contribution in [2.45, 2.75) is 19.1 Å². The van der Waals surface area contributed by atoms with E-state index in [1.807, 2.05) is 30.3 Å². The Balaban J connectivity index is 1.52. The van der Waals surface area contributed by atoms with Gasteiger partial charge in [-0.2, -0.15) is 0 Å². The zero-order valence-electron chi connectivity index (χ0n) is 19.7. The third-order valence-electron chi connectivity index (χ3n) is 5.89. The number of ether oxygens (including phenoxy) is 2. The van der Waals surface area contributed by atoms with E-state index >= 15 is 0 Å². The quantitative estimate of drug-likeness (QED) is 0.394. The predicted octanol–water partition coefficient (Wildman–Crippen LogP) is 4.04. The molecule has 4 aromatic rings. The minimum Gasteiger partial charge on any atom is -0.454 e. The summed E-state index contributed by atoms with van der Waals surface area (Å²) in [6, 6.07) is 19.2. The molecule has 2 heterocycles. The van der Waals surface area contributed by atoms with E-state index in [1.165, 1.54) is 47.8 Å². The van der Waals surface area contributed by atoms with Crippen LogP contribution in [0, 0.1) is 5.82 Å². The molecule has 0 bridgehead atoms.